The molecule has 6 nitrogen and oxygen atoms in total. The summed E-state index contributed by atoms with van der Waals surface area (Å²) in [6.45, 7) is 12.3. The van der Waals surface area contributed by atoms with E-state index in [2.05, 4.69) is 35.6 Å². The maximum Gasteiger partial charge on any atom is 0.243 e. The first-order valence-electron chi connectivity index (χ1n) is 9.23. The second-order valence-corrected chi connectivity index (χ2v) is 10.0. The summed E-state index contributed by atoms with van der Waals surface area (Å²) >= 11 is 0. The molecule has 1 aromatic heterocycles. The summed E-state index contributed by atoms with van der Waals surface area (Å²) < 4.78 is 28.2. The predicted molar refractivity (Wildman–Crippen MR) is 108 cm³/mol. The van der Waals surface area contributed by atoms with Gasteiger partial charge in [0.25, 0.3) is 0 Å². The Bertz CT molecular complexity index is 890. The van der Waals surface area contributed by atoms with Crippen molar-refractivity contribution in [3.05, 3.63) is 47.4 Å². The van der Waals surface area contributed by atoms with Crippen LogP contribution in [-0.2, 0) is 15.4 Å². The third-order valence-corrected chi connectivity index (χ3v) is 7.24. The number of nitrogens with zero attached hydrogens (tertiary/aromatic N) is 4. The average molecular weight is 389 g/mol. The van der Waals surface area contributed by atoms with Crippen molar-refractivity contribution in [1.29, 1.82) is 0 Å². The Morgan fingerprint density at radius 3 is 2.04 bits per heavy atom. The minimum absolute atomic E-state index is 0.0137. The highest BCUT2D eigenvalue weighted by molar-refractivity contribution is 7.89. The fourth-order valence-electron chi connectivity index (χ4n) is 3.53. The first-order chi connectivity index (χ1) is 12.6. The number of piperazine rings is 1. The van der Waals surface area contributed by atoms with Crippen LogP contribution < -0.4 is 4.90 Å². The molecule has 0 radical (unpaired) electrons. The van der Waals surface area contributed by atoms with E-state index < -0.39 is 10.0 Å². The largest absolute Gasteiger partial charge is 0.353 e. The van der Waals surface area contributed by atoms with Gasteiger partial charge in [0, 0.05) is 38.6 Å². The van der Waals surface area contributed by atoms with Gasteiger partial charge in [-0.15, -0.1) is 0 Å². The lowest BCUT2D eigenvalue weighted by atomic mass is 9.85. The zero-order valence-corrected chi connectivity index (χ0v) is 17.5. The van der Waals surface area contributed by atoms with E-state index in [0.717, 1.165) is 22.5 Å². The molecule has 0 atom stereocenters. The first kappa shape index (κ1) is 19.8. The second kappa shape index (κ2) is 7.20. The van der Waals surface area contributed by atoms with Crippen molar-refractivity contribution in [2.75, 3.05) is 31.1 Å². The number of benzene rings is 1. The van der Waals surface area contributed by atoms with E-state index in [1.807, 2.05) is 26.0 Å². The molecule has 1 saturated heterocycles. The maximum absolute atomic E-state index is 13.3. The van der Waals surface area contributed by atoms with Crippen LogP contribution in [0.4, 0.5) is 5.82 Å². The molecular weight excluding hydrogens is 360 g/mol. The van der Waals surface area contributed by atoms with E-state index in [1.165, 1.54) is 0 Å². The van der Waals surface area contributed by atoms with E-state index in [0.29, 0.717) is 31.1 Å². The molecule has 0 saturated carbocycles. The van der Waals surface area contributed by atoms with Gasteiger partial charge in [-0.05, 0) is 36.0 Å². The van der Waals surface area contributed by atoms with Crippen LogP contribution in [-0.4, -0.2) is 48.9 Å². The van der Waals surface area contributed by atoms with Gasteiger partial charge in [-0.3, -0.25) is 4.98 Å². The summed E-state index contributed by atoms with van der Waals surface area (Å²) in [6, 6.07) is 4.02. The molecule has 0 unspecified atom stereocenters. The molecule has 0 bridgehead atoms. The molecule has 2 aromatic rings. The maximum atomic E-state index is 13.3. The average Bonchev–Trinajstić information content (AvgIpc) is 2.61. The number of aryl methyl sites for hydroxylation is 2. The van der Waals surface area contributed by atoms with Gasteiger partial charge < -0.3 is 4.90 Å². The second-order valence-electron chi connectivity index (χ2n) is 8.14. The molecule has 1 aromatic carbocycles. The SMILES string of the molecule is Cc1cc(C(C)(C)C)cc(C)c1S(=O)(=O)N1CCN(c2cnccn2)CC1. The predicted octanol–water partition coefficient (Wildman–Crippen LogP) is 2.90. The van der Waals surface area contributed by atoms with E-state index in [4.69, 9.17) is 0 Å². The van der Waals surface area contributed by atoms with Gasteiger partial charge in [0.2, 0.25) is 10.0 Å². The molecule has 7 heteroatoms. The lowest BCUT2D eigenvalue weighted by Crippen LogP contribution is -2.49. The normalized spacial score (nSPS) is 16.6. The van der Waals surface area contributed by atoms with Crippen LogP contribution in [0, 0.1) is 13.8 Å². The molecule has 1 aliphatic heterocycles. The fourth-order valence-corrected chi connectivity index (χ4v) is 5.37. The van der Waals surface area contributed by atoms with Gasteiger partial charge in [-0.2, -0.15) is 4.31 Å². The topological polar surface area (TPSA) is 66.4 Å². The number of sulfonamides is 1. The molecule has 0 spiro atoms. The van der Waals surface area contributed by atoms with Gasteiger partial charge >= 0.3 is 0 Å². The molecule has 0 amide bonds. The molecule has 1 fully saturated rings. The number of aromatic nitrogens is 2. The lowest BCUT2D eigenvalue weighted by molar-refractivity contribution is 0.383. The monoisotopic (exact) mass is 388 g/mol. The Balaban J connectivity index is 1.84. The molecular formula is C20H28N4O2S. The number of hydrogen-bond donors (Lipinski definition) is 0. The van der Waals surface area contributed by atoms with Crippen molar-refractivity contribution in [3.8, 4) is 0 Å². The summed E-state index contributed by atoms with van der Waals surface area (Å²) in [5.41, 5.74) is 2.77. The molecule has 0 N–H and O–H groups in total. The molecule has 3 rings (SSSR count). The Hall–Kier alpha value is -1.99. The smallest absolute Gasteiger partial charge is 0.243 e. The molecule has 1 aliphatic rings. The molecule has 0 aliphatic carbocycles. The van der Waals surface area contributed by atoms with Crippen LogP contribution in [0.5, 0.6) is 0 Å². The van der Waals surface area contributed by atoms with Crippen LogP contribution >= 0.6 is 0 Å². The highest BCUT2D eigenvalue weighted by Crippen LogP contribution is 2.31. The third kappa shape index (κ3) is 3.99. The highest BCUT2D eigenvalue weighted by Gasteiger charge is 2.32. The van der Waals surface area contributed by atoms with E-state index >= 15 is 0 Å². The summed E-state index contributed by atoms with van der Waals surface area (Å²) in [5, 5.41) is 0. The minimum Gasteiger partial charge on any atom is -0.353 e. The van der Waals surface area contributed by atoms with Gasteiger partial charge in [-0.25, -0.2) is 13.4 Å². The van der Waals surface area contributed by atoms with E-state index in [1.54, 1.807) is 22.9 Å². The zero-order chi connectivity index (χ0) is 19.8. The Labute approximate surface area is 162 Å². The van der Waals surface area contributed by atoms with Crippen LogP contribution in [0.1, 0.15) is 37.5 Å². The van der Waals surface area contributed by atoms with Crippen molar-refractivity contribution in [2.45, 2.75) is 44.9 Å². The first-order valence-corrected chi connectivity index (χ1v) is 10.7. The third-order valence-electron chi connectivity index (χ3n) is 5.04. The van der Waals surface area contributed by atoms with Gasteiger partial charge in [-0.1, -0.05) is 32.9 Å². The quantitative estimate of drug-likeness (QED) is 0.809. The summed E-state index contributed by atoms with van der Waals surface area (Å²) in [7, 11) is -3.52. The van der Waals surface area contributed by atoms with Crippen LogP contribution in [0.3, 0.4) is 0 Å². The summed E-state index contributed by atoms with van der Waals surface area (Å²) in [6.07, 6.45) is 5.00. The zero-order valence-electron chi connectivity index (χ0n) is 16.7. The van der Waals surface area contributed by atoms with E-state index in [-0.39, 0.29) is 5.41 Å². The number of hydrogen-bond acceptors (Lipinski definition) is 5. The molecule has 146 valence electrons. The lowest BCUT2D eigenvalue weighted by Gasteiger charge is -2.35. The molecule has 27 heavy (non-hydrogen) atoms. The van der Waals surface area contributed by atoms with Gasteiger partial charge in [0.05, 0.1) is 11.1 Å². The van der Waals surface area contributed by atoms with Gasteiger partial charge in [0.15, 0.2) is 0 Å². The Morgan fingerprint density at radius 2 is 1.56 bits per heavy atom. The van der Waals surface area contributed by atoms with Crippen molar-refractivity contribution < 1.29 is 8.42 Å². The summed E-state index contributed by atoms with van der Waals surface area (Å²) in [4.78, 5) is 10.9. The minimum atomic E-state index is -3.52. The van der Waals surface area contributed by atoms with Crippen molar-refractivity contribution in [2.24, 2.45) is 0 Å². The van der Waals surface area contributed by atoms with Crippen LogP contribution in [0.2, 0.25) is 0 Å². The van der Waals surface area contributed by atoms with Crippen molar-refractivity contribution in [3.63, 3.8) is 0 Å². The number of rotatable bonds is 3. The van der Waals surface area contributed by atoms with Gasteiger partial charge in [0.1, 0.15) is 5.82 Å². The van der Waals surface area contributed by atoms with Crippen LogP contribution in [0.15, 0.2) is 35.6 Å². The number of anilines is 1. The van der Waals surface area contributed by atoms with Crippen molar-refractivity contribution >= 4 is 15.8 Å². The van der Waals surface area contributed by atoms with Crippen LogP contribution in [0.25, 0.3) is 0 Å². The Morgan fingerprint density at radius 1 is 0.963 bits per heavy atom. The molecule has 2 heterocycles. The Kier molecular flexibility index (Phi) is 5.27. The summed E-state index contributed by atoms with van der Waals surface area (Å²) in [5.74, 6) is 0.788. The van der Waals surface area contributed by atoms with Crippen molar-refractivity contribution in [1.82, 2.24) is 14.3 Å². The fraction of sp³-hybridized carbons (Fsp3) is 0.500. The highest BCUT2D eigenvalue weighted by atomic mass is 32.2. The standard InChI is InChI=1S/C20H28N4O2S/c1-15-12-17(20(3,4)5)13-16(2)19(15)27(25,26)24-10-8-23(9-11-24)18-14-21-6-7-22-18/h6-7,12-14H,8-11H2,1-5H3. The van der Waals surface area contributed by atoms with E-state index in [9.17, 15) is 8.42 Å².